The maximum Gasteiger partial charge on any atom is 0.254 e. The minimum atomic E-state index is -3.69. The summed E-state index contributed by atoms with van der Waals surface area (Å²) in [6.07, 6.45) is 5.09. The summed E-state index contributed by atoms with van der Waals surface area (Å²) in [5.74, 6) is -0.109. The van der Waals surface area contributed by atoms with Gasteiger partial charge in [0.15, 0.2) is 0 Å². The molecule has 1 aromatic carbocycles. The molecule has 0 bridgehead atoms. The molecule has 7 heteroatoms. The lowest BCUT2D eigenvalue weighted by atomic mass is 9.78. The lowest BCUT2D eigenvalue weighted by Gasteiger charge is -2.49. The number of amides is 1. The third-order valence-electron chi connectivity index (χ3n) is 5.43. The predicted molar refractivity (Wildman–Crippen MR) is 122 cm³/mol. The summed E-state index contributed by atoms with van der Waals surface area (Å²) >= 11 is 0. The molecule has 1 aliphatic rings. The third-order valence-corrected chi connectivity index (χ3v) is 6.85. The van der Waals surface area contributed by atoms with Gasteiger partial charge in [0.2, 0.25) is 10.0 Å². The van der Waals surface area contributed by atoms with Crippen molar-refractivity contribution in [2.75, 3.05) is 13.1 Å². The molecule has 2 rings (SSSR count). The van der Waals surface area contributed by atoms with Crippen molar-refractivity contribution in [3.05, 3.63) is 42.5 Å². The van der Waals surface area contributed by atoms with E-state index >= 15 is 0 Å². The van der Waals surface area contributed by atoms with Gasteiger partial charge >= 0.3 is 0 Å². The maximum absolute atomic E-state index is 13.5. The zero-order valence-electron chi connectivity index (χ0n) is 19.0. The van der Waals surface area contributed by atoms with Gasteiger partial charge in [-0.1, -0.05) is 25.5 Å². The molecule has 1 aromatic rings. The Morgan fingerprint density at radius 3 is 2.47 bits per heavy atom. The second kappa shape index (κ2) is 9.62. The number of carbonyl (C=O) groups is 1. The van der Waals surface area contributed by atoms with E-state index in [9.17, 15) is 13.2 Å². The van der Waals surface area contributed by atoms with Gasteiger partial charge in [0.25, 0.3) is 5.91 Å². The van der Waals surface area contributed by atoms with Crippen LogP contribution >= 0.6 is 0 Å². The van der Waals surface area contributed by atoms with Crippen LogP contribution in [-0.4, -0.2) is 49.4 Å². The lowest BCUT2D eigenvalue weighted by Crippen LogP contribution is -2.62. The summed E-state index contributed by atoms with van der Waals surface area (Å²) in [5.41, 5.74) is 0.232. The fraction of sp³-hybridized carbons (Fsp3) is 0.609. The van der Waals surface area contributed by atoms with Crippen LogP contribution in [-0.2, 0) is 10.0 Å². The molecule has 6 nitrogen and oxygen atoms in total. The molecule has 1 aliphatic heterocycles. The van der Waals surface area contributed by atoms with E-state index in [0.717, 1.165) is 25.7 Å². The number of hydrogen-bond acceptors (Lipinski definition) is 4. The van der Waals surface area contributed by atoms with E-state index in [2.05, 4.69) is 51.2 Å². The summed E-state index contributed by atoms with van der Waals surface area (Å²) in [7, 11) is -3.69. The highest BCUT2D eigenvalue weighted by Crippen LogP contribution is 2.32. The SMILES string of the molecule is C=CCNS(=O)(=O)c1cccc(C(=O)N(CCCC)C2CC(C)(C)NC(C)(C)C2)c1. The molecule has 0 atom stereocenters. The molecule has 30 heavy (non-hydrogen) atoms. The Morgan fingerprint density at radius 1 is 1.27 bits per heavy atom. The van der Waals surface area contributed by atoms with Crippen LogP contribution in [0.25, 0.3) is 0 Å². The fourth-order valence-corrected chi connectivity index (χ4v) is 5.53. The number of piperidine rings is 1. The number of carbonyl (C=O) groups excluding carboxylic acids is 1. The molecule has 0 aliphatic carbocycles. The third kappa shape index (κ3) is 6.40. The minimum absolute atomic E-state index is 0.0864. The van der Waals surface area contributed by atoms with Crippen molar-refractivity contribution in [3.8, 4) is 0 Å². The second-order valence-electron chi connectivity index (χ2n) is 9.48. The molecule has 1 heterocycles. The highest BCUT2D eigenvalue weighted by atomic mass is 32.2. The van der Waals surface area contributed by atoms with Crippen molar-refractivity contribution < 1.29 is 13.2 Å². The van der Waals surface area contributed by atoms with Gasteiger partial charge in [-0.15, -0.1) is 6.58 Å². The summed E-state index contributed by atoms with van der Waals surface area (Å²) in [6, 6.07) is 6.41. The molecule has 2 N–H and O–H groups in total. The molecule has 0 unspecified atom stereocenters. The molecule has 0 saturated carbocycles. The number of hydrogen-bond donors (Lipinski definition) is 2. The topological polar surface area (TPSA) is 78.5 Å². The van der Waals surface area contributed by atoms with Crippen LogP contribution in [0.4, 0.5) is 0 Å². The molecular weight excluding hydrogens is 398 g/mol. The average molecular weight is 436 g/mol. The molecule has 1 fully saturated rings. The van der Waals surface area contributed by atoms with Crippen LogP contribution in [0.2, 0.25) is 0 Å². The summed E-state index contributed by atoms with van der Waals surface area (Å²) in [6.45, 7) is 15.1. The minimum Gasteiger partial charge on any atom is -0.336 e. The smallest absolute Gasteiger partial charge is 0.254 e. The van der Waals surface area contributed by atoms with Crippen molar-refractivity contribution in [2.24, 2.45) is 0 Å². The van der Waals surface area contributed by atoms with Gasteiger partial charge < -0.3 is 10.2 Å². The van der Waals surface area contributed by atoms with Crippen LogP contribution < -0.4 is 10.0 Å². The normalized spacial score (nSPS) is 18.7. The number of sulfonamides is 1. The number of unbranched alkanes of at least 4 members (excludes halogenated alkanes) is 1. The fourth-order valence-electron chi connectivity index (χ4n) is 4.48. The van der Waals surface area contributed by atoms with E-state index in [4.69, 9.17) is 0 Å². The molecule has 0 aromatic heterocycles. The predicted octanol–water partition coefficient (Wildman–Crippen LogP) is 3.70. The molecular formula is C23H37N3O3S. The molecule has 0 radical (unpaired) electrons. The van der Waals surface area contributed by atoms with Gasteiger partial charge in [0.05, 0.1) is 4.90 Å². The Balaban J connectivity index is 2.36. The standard InChI is InChI=1S/C23H37N3O3S/c1-7-9-14-26(19-16-22(3,4)25-23(5,6)17-19)21(27)18-11-10-12-20(15-18)30(28,29)24-13-8-2/h8,10-12,15,19,24-25H,2,7,9,13-14,16-17H2,1,3-6H3. The first-order chi connectivity index (χ1) is 13.9. The van der Waals surface area contributed by atoms with Crippen LogP contribution in [0.3, 0.4) is 0 Å². The first-order valence-electron chi connectivity index (χ1n) is 10.7. The van der Waals surface area contributed by atoms with Gasteiger partial charge in [0.1, 0.15) is 0 Å². The highest BCUT2D eigenvalue weighted by molar-refractivity contribution is 7.89. The molecule has 1 saturated heterocycles. The summed E-state index contributed by atoms with van der Waals surface area (Å²) < 4.78 is 27.4. The Bertz CT molecular complexity index is 846. The van der Waals surface area contributed by atoms with Gasteiger partial charge in [-0.25, -0.2) is 13.1 Å². The van der Waals surface area contributed by atoms with Crippen molar-refractivity contribution in [3.63, 3.8) is 0 Å². The number of nitrogens with zero attached hydrogens (tertiary/aromatic N) is 1. The lowest BCUT2D eigenvalue weighted by molar-refractivity contribution is 0.0441. The van der Waals surface area contributed by atoms with Crippen LogP contribution in [0.15, 0.2) is 41.8 Å². The van der Waals surface area contributed by atoms with Gasteiger partial charge in [-0.3, -0.25) is 4.79 Å². The average Bonchev–Trinajstić information content (AvgIpc) is 2.64. The second-order valence-corrected chi connectivity index (χ2v) is 11.2. The molecule has 1 amide bonds. The van der Waals surface area contributed by atoms with Gasteiger partial charge in [0, 0.05) is 35.8 Å². The molecule has 168 valence electrons. The van der Waals surface area contributed by atoms with E-state index in [1.807, 2.05) is 4.90 Å². The Hall–Kier alpha value is -1.70. The van der Waals surface area contributed by atoms with Crippen molar-refractivity contribution in [1.82, 2.24) is 14.9 Å². The Labute approximate surface area is 182 Å². The van der Waals surface area contributed by atoms with Gasteiger partial charge in [-0.05, 0) is 65.2 Å². The van der Waals surface area contributed by atoms with Crippen LogP contribution in [0.5, 0.6) is 0 Å². The summed E-state index contributed by atoms with van der Waals surface area (Å²) in [5, 5.41) is 3.67. The van der Waals surface area contributed by atoms with E-state index < -0.39 is 10.0 Å². The van der Waals surface area contributed by atoms with Crippen molar-refractivity contribution in [1.29, 1.82) is 0 Å². The molecule has 0 spiro atoms. The maximum atomic E-state index is 13.5. The Morgan fingerprint density at radius 2 is 1.90 bits per heavy atom. The van der Waals surface area contributed by atoms with E-state index in [1.165, 1.54) is 18.2 Å². The number of rotatable bonds is 9. The zero-order valence-corrected chi connectivity index (χ0v) is 19.8. The number of nitrogens with one attached hydrogen (secondary N) is 2. The van der Waals surface area contributed by atoms with Gasteiger partial charge in [-0.2, -0.15) is 0 Å². The van der Waals surface area contributed by atoms with Crippen LogP contribution in [0.1, 0.15) is 70.7 Å². The summed E-state index contributed by atoms with van der Waals surface area (Å²) in [4.78, 5) is 15.6. The van der Waals surface area contributed by atoms with E-state index in [0.29, 0.717) is 12.1 Å². The van der Waals surface area contributed by atoms with E-state index in [1.54, 1.807) is 12.1 Å². The zero-order chi connectivity index (χ0) is 22.6. The quantitative estimate of drug-likeness (QED) is 0.580. The number of benzene rings is 1. The highest BCUT2D eigenvalue weighted by Gasteiger charge is 2.41. The first-order valence-corrected chi connectivity index (χ1v) is 12.2. The van der Waals surface area contributed by atoms with E-state index in [-0.39, 0.29) is 34.5 Å². The Kier molecular flexibility index (Phi) is 7.88. The monoisotopic (exact) mass is 435 g/mol. The largest absolute Gasteiger partial charge is 0.336 e. The van der Waals surface area contributed by atoms with Crippen molar-refractivity contribution in [2.45, 2.75) is 82.3 Å². The van der Waals surface area contributed by atoms with Crippen molar-refractivity contribution >= 4 is 15.9 Å². The first kappa shape index (κ1) is 24.6. The van der Waals surface area contributed by atoms with Crippen LogP contribution in [0, 0.1) is 0 Å².